The van der Waals surface area contributed by atoms with Gasteiger partial charge in [-0.1, -0.05) is 12.1 Å². The van der Waals surface area contributed by atoms with Crippen molar-refractivity contribution in [1.29, 1.82) is 0 Å². The highest BCUT2D eigenvalue weighted by Gasteiger charge is 2.44. The lowest BCUT2D eigenvalue weighted by atomic mass is 9.74. The van der Waals surface area contributed by atoms with Crippen molar-refractivity contribution in [1.82, 2.24) is 0 Å². The van der Waals surface area contributed by atoms with Crippen molar-refractivity contribution >= 4 is 11.6 Å². The summed E-state index contributed by atoms with van der Waals surface area (Å²) in [5.74, 6) is -1.99. The van der Waals surface area contributed by atoms with Crippen LogP contribution < -0.4 is 10.5 Å². The number of benzene rings is 2. The third kappa shape index (κ3) is 4.09. The molecule has 2 aliphatic carbocycles. The lowest BCUT2D eigenvalue weighted by molar-refractivity contribution is -0.243. The lowest BCUT2D eigenvalue weighted by Gasteiger charge is -2.40. The van der Waals surface area contributed by atoms with Crippen LogP contribution >= 0.6 is 0 Å². The molecule has 6 N–H and O–H groups in total. The summed E-state index contributed by atoms with van der Waals surface area (Å²) in [6.45, 7) is 1.58. The number of aliphatic hydroxyl groups is 2. The Kier molecular flexibility index (Phi) is 6.71. The maximum atomic E-state index is 13.6. The molecule has 0 spiro atoms. The van der Waals surface area contributed by atoms with Gasteiger partial charge < -0.3 is 40.4 Å². The van der Waals surface area contributed by atoms with E-state index in [1.54, 1.807) is 19.1 Å². The van der Waals surface area contributed by atoms with E-state index in [0.29, 0.717) is 18.4 Å². The SMILES string of the molecule is COc1cccc2c1C(=O)c1c(O)c3c(c(O)c1C2=O)CC(CCO)CC3OC1CC(N)C(O)C(C)O1. The molecule has 1 fully saturated rings. The highest BCUT2D eigenvalue weighted by molar-refractivity contribution is 6.31. The second-order valence-electron chi connectivity index (χ2n) is 9.98. The monoisotopic (exact) mass is 513 g/mol. The molecule has 0 saturated carbocycles. The molecule has 37 heavy (non-hydrogen) atoms. The standard InChI is InChI=1S/C27H31NO9/c1-11-23(30)15(28)10-18(36-11)37-17-9-12(6-7-29)8-14-20(17)27(34)22-21(25(14)32)24(31)13-4-3-5-16(35-2)19(13)26(22)33/h3-5,11-12,15,17-18,23,29-30,32,34H,6-10,28H2,1-2H3. The number of aromatic hydroxyl groups is 2. The molecule has 2 aromatic carbocycles. The number of hydrogen-bond acceptors (Lipinski definition) is 10. The molecule has 3 aliphatic rings. The van der Waals surface area contributed by atoms with Crippen molar-refractivity contribution in [3.05, 3.63) is 51.6 Å². The minimum Gasteiger partial charge on any atom is -0.507 e. The Hall–Kier alpha value is -3.02. The van der Waals surface area contributed by atoms with Gasteiger partial charge in [-0.25, -0.2) is 0 Å². The minimum absolute atomic E-state index is 0.0213. The first-order valence-electron chi connectivity index (χ1n) is 12.4. The Morgan fingerprint density at radius 2 is 1.81 bits per heavy atom. The normalized spacial score (nSPS) is 28.9. The summed E-state index contributed by atoms with van der Waals surface area (Å²) in [6, 6.07) is 4.03. The summed E-state index contributed by atoms with van der Waals surface area (Å²) in [5.41, 5.74) is 6.12. The molecule has 6 atom stereocenters. The molecular weight excluding hydrogens is 482 g/mol. The Bertz CT molecular complexity index is 1250. The first-order chi connectivity index (χ1) is 17.7. The fourth-order valence-corrected chi connectivity index (χ4v) is 5.85. The Labute approximate surface area is 213 Å². The van der Waals surface area contributed by atoms with Gasteiger partial charge in [0.1, 0.15) is 17.2 Å². The molecule has 5 rings (SSSR count). The van der Waals surface area contributed by atoms with E-state index >= 15 is 0 Å². The molecule has 10 heteroatoms. The van der Waals surface area contributed by atoms with Gasteiger partial charge in [-0.3, -0.25) is 9.59 Å². The van der Waals surface area contributed by atoms with Crippen LogP contribution in [0.3, 0.4) is 0 Å². The molecule has 10 nitrogen and oxygen atoms in total. The summed E-state index contributed by atoms with van der Waals surface area (Å²) in [5, 5.41) is 42.6. The summed E-state index contributed by atoms with van der Waals surface area (Å²) in [7, 11) is 1.38. The zero-order valence-electron chi connectivity index (χ0n) is 20.6. The summed E-state index contributed by atoms with van der Waals surface area (Å²) in [4.78, 5) is 27.1. The number of hydrogen-bond donors (Lipinski definition) is 5. The number of aliphatic hydroxyl groups excluding tert-OH is 2. The molecule has 6 unspecified atom stereocenters. The van der Waals surface area contributed by atoms with E-state index < -0.39 is 48.0 Å². The average molecular weight is 514 g/mol. The van der Waals surface area contributed by atoms with E-state index in [1.807, 2.05) is 0 Å². The van der Waals surface area contributed by atoms with Gasteiger partial charge in [-0.05, 0) is 38.2 Å². The maximum Gasteiger partial charge on any atom is 0.202 e. The number of ether oxygens (including phenoxy) is 3. The summed E-state index contributed by atoms with van der Waals surface area (Å²) < 4.78 is 17.3. The second kappa shape index (κ2) is 9.70. The zero-order chi connectivity index (χ0) is 26.6. The predicted octanol–water partition coefficient (Wildman–Crippen LogP) is 1.71. The van der Waals surface area contributed by atoms with Gasteiger partial charge in [-0.15, -0.1) is 0 Å². The third-order valence-corrected chi connectivity index (χ3v) is 7.73. The number of ketones is 2. The molecule has 0 radical (unpaired) electrons. The Morgan fingerprint density at radius 3 is 2.49 bits per heavy atom. The zero-order valence-corrected chi connectivity index (χ0v) is 20.6. The van der Waals surface area contributed by atoms with Crippen molar-refractivity contribution in [3.8, 4) is 17.2 Å². The second-order valence-corrected chi connectivity index (χ2v) is 9.98. The average Bonchev–Trinajstić information content (AvgIpc) is 2.87. The van der Waals surface area contributed by atoms with Gasteiger partial charge in [0.15, 0.2) is 12.1 Å². The van der Waals surface area contributed by atoms with E-state index in [9.17, 15) is 30.0 Å². The fraction of sp³-hybridized carbons (Fsp3) is 0.481. The van der Waals surface area contributed by atoms with Gasteiger partial charge >= 0.3 is 0 Å². The quantitative estimate of drug-likeness (QED) is 0.317. The van der Waals surface area contributed by atoms with Gasteiger partial charge in [-0.2, -0.15) is 0 Å². The van der Waals surface area contributed by atoms with E-state index in [0.717, 1.165) is 0 Å². The Balaban J connectivity index is 1.63. The van der Waals surface area contributed by atoms with Crippen LogP contribution in [-0.2, 0) is 15.9 Å². The molecule has 0 amide bonds. The number of fused-ring (bicyclic) bond motifs is 3. The molecule has 1 heterocycles. The van der Waals surface area contributed by atoms with Crippen LogP contribution in [-0.4, -0.2) is 70.2 Å². The minimum atomic E-state index is -0.858. The van der Waals surface area contributed by atoms with Gasteiger partial charge in [0.05, 0.1) is 42.1 Å². The largest absolute Gasteiger partial charge is 0.507 e. The summed E-state index contributed by atoms with van der Waals surface area (Å²) >= 11 is 0. The third-order valence-electron chi connectivity index (χ3n) is 7.73. The predicted molar refractivity (Wildman–Crippen MR) is 130 cm³/mol. The van der Waals surface area contributed by atoms with Gasteiger partial charge in [0, 0.05) is 35.8 Å². The highest BCUT2D eigenvalue weighted by Crippen LogP contribution is 2.52. The first-order valence-corrected chi connectivity index (χ1v) is 12.4. The number of carbonyl (C=O) groups excluding carboxylic acids is 2. The lowest BCUT2D eigenvalue weighted by Crippen LogP contribution is -2.52. The highest BCUT2D eigenvalue weighted by atomic mass is 16.7. The van der Waals surface area contributed by atoms with E-state index in [4.69, 9.17) is 19.9 Å². The van der Waals surface area contributed by atoms with Crippen molar-refractivity contribution in [2.24, 2.45) is 11.7 Å². The van der Waals surface area contributed by atoms with Gasteiger partial charge in [0.25, 0.3) is 0 Å². The van der Waals surface area contributed by atoms with Crippen LogP contribution in [0.4, 0.5) is 0 Å². The van der Waals surface area contributed by atoms with Crippen LogP contribution in [0.2, 0.25) is 0 Å². The number of methoxy groups -OCH3 is 1. The molecule has 1 aliphatic heterocycles. The maximum absolute atomic E-state index is 13.6. The number of rotatable bonds is 5. The topological polar surface area (TPSA) is 169 Å². The first kappa shape index (κ1) is 25.6. The van der Waals surface area contributed by atoms with E-state index in [-0.39, 0.29) is 64.7 Å². The van der Waals surface area contributed by atoms with Crippen LogP contribution in [0.25, 0.3) is 0 Å². The molecular formula is C27H31NO9. The number of phenols is 2. The fourth-order valence-electron chi connectivity index (χ4n) is 5.85. The molecule has 1 saturated heterocycles. The molecule has 198 valence electrons. The van der Waals surface area contributed by atoms with E-state index in [2.05, 4.69) is 0 Å². The molecule has 0 aromatic heterocycles. The van der Waals surface area contributed by atoms with Crippen LogP contribution in [0.1, 0.15) is 75.3 Å². The Morgan fingerprint density at radius 1 is 1.08 bits per heavy atom. The van der Waals surface area contributed by atoms with E-state index in [1.165, 1.54) is 13.2 Å². The molecule has 0 bridgehead atoms. The number of nitrogens with two attached hydrogens (primary N) is 1. The number of phenolic OH excluding ortho intramolecular Hbond substituents is 2. The van der Waals surface area contributed by atoms with Crippen molar-refractivity contribution < 1.29 is 44.2 Å². The molecule has 2 aromatic rings. The van der Waals surface area contributed by atoms with Crippen LogP contribution in [0.5, 0.6) is 17.2 Å². The van der Waals surface area contributed by atoms with Crippen molar-refractivity contribution in [2.45, 2.75) is 63.3 Å². The van der Waals surface area contributed by atoms with Crippen LogP contribution in [0, 0.1) is 5.92 Å². The number of carbonyl (C=O) groups is 2. The summed E-state index contributed by atoms with van der Waals surface area (Å²) in [6.07, 6.45) is -1.83. The smallest absolute Gasteiger partial charge is 0.202 e. The van der Waals surface area contributed by atoms with Crippen molar-refractivity contribution in [3.63, 3.8) is 0 Å². The van der Waals surface area contributed by atoms with Gasteiger partial charge in [0.2, 0.25) is 5.78 Å². The van der Waals surface area contributed by atoms with Crippen LogP contribution in [0.15, 0.2) is 18.2 Å². The van der Waals surface area contributed by atoms with Crippen molar-refractivity contribution in [2.75, 3.05) is 13.7 Å².